The number of hydrogen-bond acceptors (Lipinski definition) is 4. The van der Waals surface area contributed by atoms with Gasteiger partial charge in [0.2, 0.25) is 5.78 Å². The van der Waals surface area contributed by atoms with Crippen LogP contribution in [0.15, 0.2) is 72.8 Å². The third kappa shape index (κ3) is 9.21. The van der Waals surface area contributed by atoms with E-state index in [0.29, 0.717) is 17.2 Å². The normalized spacial score (nSPS) is 22.6. The van der Waals surface area contributed by atoms with Crippen LogP contribution in [-0.2, 0) is 11.8 Å². The lowest BCUT2D eigenvalue weighted by Crippen LogP contribution is -2.41. The Labute approximate surface area is 288 Å². The zero-order chi connectivity index (χ0) is 36.2. The van der Waals surface area contributed by atoms with Crippen LogP contribution in [0.2, 0.25) is 0 Å². The Morgan fingerprint density at radius 1 is 0.638 bits per heavy atom. The quantitative estimate of drug-likeness (QED) is 0.278. The summed E-state index contributed by atoms with van der Waals surface area (Å²) >= 11 is 0. The standard InChI is InChI=1S/C13H18O.C12H14O2.C12H16O.3C2H6/c1-12(2,3)13(4)9-14-11-8-6-5-7-10(11)13;1-8(2)12(3)11(13)9-6-4-5-7-10(9)14-12;1-9(2)12(3)8-10-6-4-5-7-11(10)13-12;3*1-2/h5-8H,9H2,1-4H3;4-8H,1-3H3;4-7,9H,8H2,1-3H3;3*1-2H3. The van der Waals surface area contributed by atoms with E-state index < -0.39 is 5.60 Å². The van der Waals surface area contributed by atoms with E-state index in [1.54, 1.807) is 0 Å². The maximum atomic E-state index is 12.0. The van der Waals surface area contributed by atoms with Crippen molar-refractivity contribution in [3.63, 3.8) is 0 Å². The van der Waals surface area contributed by atoms with Gasteiger partial charge in [0, 0.05) is 23.3 Å². The fourth-order valence-corrected chi connectivity index (χ4v) is 5.37. The van der Waals surface area contributed by atoms with E-state index in [1.165, 1.54) is 11.1 Å². The van der Waals surface area contributed by atoms with Crippen LogP contribution in [0.25, 0.3) is 0 Å². The van der Waals surface area contributed by atoms with Gasteiger partial charge in [0.15, 0.2) is 5.60 Å². The lowest BCUT2D eigenvalue weighted by molar-refractivity contribution is 0.0445. The summed E-state index contributed by atoms with van der Waals surface area (Å²) in [6.45, 7) is 34.4. The van der Waals surface area contributed by atoms with Gasteiger partial charge in [0.25, 0.3) is 0 Å². The number of hydrogen-bond donors (Lipinski definition) is 0. The lowest BCUT2D eigenvalue weighted by atomic mass is 9.65. The Kier molecular flexibility index (Phi) is 15.8. The minimum absolute atomic E-state index is 0.00366. The van der Waals surface area contributed by atoms with Crippen molar-refractivity contribution in [2.75, 3.05) is 6.61 Å². The van der Waals surface area contributed by atoms with Gasteiger partial charge >= 0.3 is 0 Å². The molecule has 0 saturated carbocycles. The Balaban J connectivity index is 0.000000326. The molecule has 3 aliphatic rings. The third-order valence-electron chi connectivity index (χ3n) is 9.74. The summed E-state index contributed by atoms with van der Waals surface area (Å²) in [4.78, 5) is 12.0. The van der Waals surface area contributed by atoms with Crippen molar-refractivity contribution in [1.82, 2.24) is 0 Å². The Bertz CT molecular complexity index is 1360. The molecule has 0 aromatic heterocycles. The van der Waals surface area contributed by atoms with Gasteiger partial charge in [-0.3, -0.25) is 4.79 Å². The minimum Gasteiger partial charge on any atom is -0.492 e. The van der Waals surface area contributed by atoms with Crippen molar-refractivity contribution in [1.29, 1.82) is 0 Å². The zero-order valence-electron chi connectivity index (χ0n) is 32.6. The van der Waals surface area contributed by atoms with Crippen molar-refractivity contribution in [2.45, 2.75) is 134 Å². The van der Waals surface area contributed by atoms with Gasteiger partial charge in [-0.05, 0) is 55.0 Å². The van der Waals surface area contributed by atoms with E-state index >= 15 is 0 Å². The molecule has 0 aliphatic carbocycles. The molecular formula is C43H66O4. The van der Waals surface area contributed by atoms with E-state index in [1.807, 2.05) is 98.7 Å². The summed E-state index contributed by atoms with van der Waals surface area (Å²) in [5.74, 6) is 3.68. The summed E-state index contributed by atoms with van der Waals surface area (Å²) in [5, 5.41) is 0. The van der Waals surface area contributed by atoms with Crippen molar-refractivity contribution in [3.05, 3.63) is 89.5 Å². The molecule has 3 atom stereocenters. The molecule has 4 nitrogen and oxygen atoms in total. The monoisotopic (exact) mass is 646 g/mol. The van der Waals surface area contributed by atoms with E-state index in [-0.39, 0.29) is 28.1 Å². The zero-order valence-corrected chi connectivity index (χ0v) is 32.6. The highest BCUT2D eigenvalue weighted by atomic mass is 16.5. The van der Waals surface area contributed by atoms with Crippen molar-refractivity contribution in [3.8, 4) is 17.2 Å². The first kappa shape index (κ1) is 41.8. The molecule has 47 heavy (non-hydrogen) atoms. The van der Waals surface area contributed by atoms with Crippen molar-refractivity contribution < 1.29 is 19.0 Å². The molecule has 0 amide bonds. The number of rotatable bonds is 2. The summed E-state index contributed by atoms with van der Waals surface area (Å²) in [6, 6.07) is 24.1. The number of ketones is 1. The van der Waals surface area contributed by atoms with Gasteiger partial charge in [0.05, 0.1) is 12.2 Å². The molecule has 0 bridgehead atoms. The average Bonchev–Trinajstić information content (AvgIpc) is 3.70. The highest BCUT2D eigenvalue weighted by Crippen LogP contribution is 2.49. The first-order valence-electron chi connectivity index (χ1n) is 17.9. The molecule has 262 valence electrons. The number of carbonyl (C=O) groups is 1. The van der Waals surface area contributed by atoms with Gasteiger partial charge in [-0.15, -0.1) is 0 Å². The molecule has 0 fully saturated rings. The highest BCUT2D eigenvalue weighted by molar-refractivity contribution is 6.07. The summed E-state index contributed by atoms with van der Waals surface area (Å²) in [5.41, 5.74) is 3.12. The molecule has 0 N–H and O–H groups in total. The molecular weight excluding hydrogens is 580 g/mol. The highest BCUT2D eigenvalue weighted by Gasteiger charge is 2.46. The largest absolute Gasteiger partial charge is 0.492 e. The van der Waals surface area contributed by atoms with Crippen LogP contribution in [0.1, 0.15) is 132 Å². The number of carbonyl (C=O) groups excluding carboxylic acids is 1. The Hall–Kier alpha value is -3.27. The Morgan fingerprint density at radius 2 is 1.13 bits per heavy atom. The molecule has 6 rings (SSSR count). The molecule has 4 heteroatoms. The lowest BCUT2D eigenvalue weighted by Gasteiger charge is -2.37. The number of ether oxygens (including phenoxy) is 3. The predicted molar refractivity (Wildman–Crippen MR) is 201 cm³/mol. The number of Topliss-reactive ketones (excluding diaryl/α,β-unsaturated/α-hetero) is 1. The summed E-state index contributed by atoms with van der Waals surface area (Å²) < 4.78 is 17.4. The smallest absolute Gasteiger partial charge is 0.210 e. The Morgan fingerprint density at radius 3 is 1.62 bits per heavy atom. The summed E-state index contributed by atoms with van der Waals surface area (Å²) in [7, 11) is 0. The molecule has 0 saturated heterocycles. The maximum Gasteiger partial charge on any atom is 0.210 e. The van der Waals surface area contributed by atoms with Crippen LogP contribution in [0.4, 0.5) is 0 Å². The maximum absolute atomic E-state index is 12.0. The second kappa shape index (κ2) is 17.8. The second-order valence-electron chi connectivity index (χ2n) is 13.9. The van der Waals surface area contributed by atoms with Crippen LogP contribution < -0.4 is 14.2 Å². The van der Waals surface area contributed by atoms with Gasteiger partial charge in [-0.2, -0.15) is 0 Å². The topological polar surface area (TPSA) is 44.8 Å². The molecule has 3 heterocycles. The third-order valence-corrected chi connectivity index (χ3v) is 9.74. The van der Waals surface area contributed by atoms with Gasteiger partial charge in [-0.1, -0.05) is 145 Å². The van der Waals surface area contributed by atoms with Crippen LogP contribution in [-0.4, -0.2) is 23.6 Å². The number of para-hydroxylation sites is 3. The molecule has 3 unspecified atom stereocenters. The second-order valence-corrected chi connectivity index (χ2v) is 13.9. The van der Waals surface area contributed by atoms with Gasteiger partial charge < -0.3 is 14.2 Å². The first-order chi connectivity index (χ1) is 22.1. The fourth-order valence-electron chi connectivity index (χ4n) is 5.37. The van der Waals surface area contributed by atoms with Crippen LogP contribution in [0.3, 0.4) is 0 Å². The molecule has 3 aromatic rings. The minimum atomic E-state index is -0.677. The van der Waals surface area contributed by atoms with Crippen molar-refractivity contribution in [2.24, 2.45) is 17.3 Å². The molecule has 0 radical (unpaired) electrons. The van der Waals surface area contributed by atoms with Crippen LogP contribution in [0, 0.1) is 17.3 Å². The average molecular weight is 647 g/mol. The van der Waals surface area contributed by atoms with Gasteiger partial charge in [0.1, 0.15) is 22.8 Å². The van der Waals surface area contributed by atoms with Crippen molar-refractivity contribution >= 4 is 5.78 Å². The predicted octanol–water partition coefficient (Wildman–Crippen LogP) is 12.2. The molecule has 0 spiro atoms. The molecule has 3 aliphatic heterocycles. The molecule has 3 aromatic carbocycles. The summed E-state index contributed by atoms with van der Waals surface area (Å²) in [6.07, 6.45) is 1.04. The fraction of sp³-hybridized carbons (Fsp3) is 0.558. The van der Waals surface area contributed by atoms with E-state index in [4.69, 9.17) is 14.2 Å². The van der Waals surface area contributed by atoms with E-state index in [9.17, 15) is 4.79 Å². The van der Waals surface area contributed by atoms with Gasteiger partial charge in [-0.25, -0.2) is 0 Å². The van der Waals surface area contributed by atoms with Crippen LogP contribution in [0.5, 0.6) is 17.2 Å². The van der Waals surface area contributed by atoms with E-state index in [2.05, 4.69) is 84.9 Å². The van der Waals surface area contributed by atoms with E-state index in [0.717, 1.165) is 24.5 Å². The first-order valence-corrected chi connectivity index (χ1v) is 17.9. The number of benzene rings is 3. The SMILES string of the molecule is CC.CC.CC.CC(C)(C)C1(C)COc2ccccc21.CC(C)C1(C)Cc2ccccc2O1.CC(C)C1(C)Oc2ccccc2C1=O. The van der Waals surface area contributed by atoms with Crippen LogP contribution >= 0.6 is 0 Å². The number of fused-ring (bicyclic) bond motifs is 3.